The highest BCUT2D eigenvalue weighted by molar-refractivity contribution is 7.89. The van der Waals surface area contributed by atoms with Crippen molar-refractivity contribution >= 4 is 15.9 Å². The average Bonchev–Trinajstić information content (AvgIpc) is 3.17. The van der Waals surface area contributed by atoms with Crippen molar-refractivity contribution in [2.45, 2.75) is 50.5 Å². The standard InChI is InChI=1S/C23H33N3O4S/c1-4-30-21-9-11-22(12-10-21)31(28,29)26-16-13-19(14-17-26)23(27)24-18(2)7-8-20-6-5-15-25(20)3/h5-6,9-12,15,18-19H,4,7-8,13-14,16-17H2,1-3H3,(H,24,27)/t18-/m0/s1. The number of aryl methyl sites for hydroxylation is 2. The van der Waals surface area contributed by atoms with Gasteiger partial charge < -0.3 is 14.6 Å². The Hall–Kier alpha value is -2.32. The van der Waals surface area contributed by atoms with E-state index in [0.29, 0.717) is 38.3 Å². The van der Waals surface area contributed by atoms with E-state index in [2.05, 4.69) is 16.0 Å². The lowest BCUT2D eigenvalue weighted by Crippen LogP contribution is -2.44. The van der Waals surface area contributed by atoms with Crippen LogP contribution in [0.4, 0.5) is 0 Å². The maximum Gasteiger partial charge on any atom is 0.243 e. The molecule has 1 fully saturated rings. The van der Waals surface area contributed by atoms with E-state index in [1.807, 2.05) is 33.2 Å². The van der Waals surface area contributed by atoms with Crippen molar-refractivity contribution < 1.29 is 17.9 Å². The Labute approximate surface area is 185 Å². The molecular weight excluding hydrogens is 414 g/mol. The number of rotatable bonds is 9. The van der Waals surface area contributed by atoms with Crippen LogP contribution in [0.2, 0.25) is 0 Å². The Morgan fingerprint density at radius 2 is 1.87 bits per heavy atom. The second-order valence-electron chi connectivity index (χ2n) is 8.14. The van der Waals surface area contributed by atoms with Crippen LogP contribution in [0.25, 0.3) is 0 Å². The molecule has 1 amide bonds. The summed E-state index contributed by atoms with van der Waals surface area (Å²) in [5.41, 5.74) is 1.24. The molecule has 2 aromatic rings. The molecule has 0 saturated carbocycles. The zero-order valence-corrected chi connectivity index (χ0v) is 19.4. The van der Waals surface area contributed by atoms with Crippen molar-refractivity contribution in [3.05, 3.63) is 48.3 Å². The number of nitrogens with one attached hydrogen (secondary N) is 1. The zero-order valence-electron chi connectivity index (χ0n) is 18.6. The number of sulfonamides is 1. The molecule has 1 atom stereocenters. The van der Waals surface area contributed by atoms with E-state index < -0.39 is 10.0 Å². The third-order valence-corrected chi connectivity index (χ3v) is 7.78. The quantitative estimate of drug-likeness (QED) is 0.641. The van der Waals surface area contributed by atoms with E-state index in [0.717, 1.165) is 12.8 Å². The van der Waals surface area contributed by atoms with Gasteiger partial charge in [-0.2, -0.15) is 4.31 Å². The fraction of sp³-hybridized carbons (Fsp3) is 0.522. The van der Waals surface area contributed by atoms with Crippen LogP contribution in [0.3, 0.4) is 0 Å². The summed E-state index contributed by atoms with van der Waals surface area (Å²) in [6, 6.07) is 10.7. The molecule has 3 rings (SSSR count). The van der Waals surface area contributed by atoms with E-state index in [1.54, 1.807) is 24.3 Å². The molecular formula is C23H33N3O4S. The molecule has 170 valence electrons. The topological polar surface area (TPSA) is 80.6 Å². The van der Waals surface area contributed by atoms with Gasteiger partial charge in [0, 0.05) is 44.0 Å². The number of hydrogen-bond acceptors (Lipinski definition) is 4. The molecule has 0 aliphatic carbocycles. The summed E-state index contributed by atoms with van der Waals surface area (Å²) in [4.78, 5) is 12.9. The number of piperidine rings is 1. The Morgan fingerprint density at radius 3 is 2.45 bits per heavy atom. The van der Waals surface area contributed by atoms with Gasteiger partial charge in [0.2, 0.25) is 15.9 Å². The number of carbonyl (C=O) groups is 1. The molecule has 1 saturated heterocycles. The first-order valence-corrected chi connectivity index (χ1v) is 12.4. The van der Waals surface area contributed by atoms with Gasteiger partial charge >= 0.3 is 0 Å². The SMILES string of the molecule is CCOc1ccc(S(=O)(=O)N2CCC(C(=O)N[C@@H](C)CCc3cccn3C)CC2)cc1. The van der Waals surface area contributed by atoms with Gasteiger partial charge in [0.15, 0.2) is 0 Å². The van der Waals surface area contributed by atoms with Crippen molar-refractivity contribution in [1.82, 2.24) is 14.2 Å². The van der Waals surface area contributed by atoms with Gasteiger partial charge in [-0.25, -0.2) is 8.42 Å². The summed E-state index contributed by atoms with van der Waals surface area (Å²) < 4.78 is 34.8. The number of benzene rings is 1. The van der Waals surface area contributed by atoms with Crippen molar-refractivity contribution in [1.29, 1.82) is 0 Å². The smallest absolute Gasteiger partial charge is 0.243 e. The van der Waals surface area contributed by atoms with Gasteiger partial charge in [0.25, 0.3) is 0 Å². The third-order valence-electron chi connectivity index (χ3n) is 5.87. The summed E-state index contributed by atoms with van der Waals surface area (Å²) in [6.07, 6.45) is 4.87. The highest BCUT2D eigenvalue weighted by atomic mass is 32.2. The fourth-order valence-corrected chi connectivity index (χ4v) is 5.41. The number of hydrogen-bond donors (Lipinski definition) is 1. The molecule has 1 N–H and O–H groups in total. The highest BCUT2D eigenvalue weighted by Crippen LogP contribution is 2.25. The molecule has 0 bridgehead atoms. The maximum atomic E-state index is 12.9. The lowest BCUT2D eigenvalue weighted by molar-refractivity contribution is -0.126. The summed E-state index contributed by atoms with van der Waals surface area (Å²) in [5.74, 6) is 0.528. The van der Waals surface area contributed by atoms with Crippen LogP contribution >= 0.6 is 0 Å². The van der Waals surface area contributed by atoms with Gasteiger partial charge in [0.1, 0.15) is 5.75 Å². The second kappa shape index (κ2) is 10.3. The van der Waals surface area contributed by atoms with Crippen molar-refractivity contribution in [2.24, 2.45) is 13.0 Å². The minimum atomic E-state index is -3.56. The largest absolute Gasteiger partial charge is 0.494 e. The molecule has 1 aliphatic heterocycles. The Morgan fingerprint density at radius 1 is 1.19 bits per heavy atom. The molecule has 8 heteroatoms. The number of amides is 1. The van der Waals surface area contributed by atoms with Crippen molar-refractivity contribution in [3.63, 3.8) is 0 Å². The Kier molecular flexibility index (Phi) is 7.78. The van der Waals surface area contributed by atoms with Gasteiger partial charge in [-0.15, -0.1) is 0 Å². The molecule has 7 nitrogen and oxygen atoms in total. The van der Waals surface area contributed by atoms with Crippen LogP contribution in [0, 0.1) is 5.92 Å². The zero-order chi connectivity index (χ0) is 22.4. The predicted octanol–water partition coefficient (Wildman–Crippen LogP) is 2.96. The first kappa shape index (κ1) is 23.3. The summed E-state index contributed by atoms with van der Waals surface area (Å²) in [5, 5.41) is 3.10. The summed E-state index contributed by atoms with van der Waals surface area (Å²) >= 11 is 0. The van der Waals surface area contributed by atoms with Crippen LogP contribution in [0.1, 0.15) is 38.8 Å². The molecule has 2 heterocycles. The molecule has 1 aromatic carbocycles. The minimum absolute atomic E-state index is 0.0255. The first-order chi connectivity index (χ1) is 14.8. The number of nitrogens with zero attached hydrogens (tertiary/aromatic N) is 2. The average molecular weight is 448 g/mol. The molecule has 1 aromatic heterocycles. The van der Waals surface area contributed by atoms with E-state index >= 15 is 0 Å². The van der Waals surface area contributed by atoms with E-state index in [4.69, 9.17) is 4.74 Å². The fourth-order valence-electron chi connectivity index (χ4n) is 3.94. The van der Waals surface area contributed by atoms with Crippen LogP contribution in [-0.4, -0.2) is 48.9 Å². The van der Waals surface area contributed by atoms with E-state index in [1.165, 1.54) is 10.00 Å². The van der Waals surface area contributed by atoms with Gasteiger partial charge in [-0.1, -0.05) is 0 Å². The second-order valence-corrected chi connectivity index (χ2v) is 10.1. The lowest BCUT2D eigenvalue weighted by atomic mass is 9.96. The number of aromatic nitrogens is 1. The number of ether oxygens (including phenoxy) is 1. The molecule has 0 spiro atoms. The molecule has 0 unspecified atom stereocenters. The summed E-state index contributed by atoms with van der Waals surface area (Å²) in [6.45, 7) is 5.14. The van der Waals surface area contributed by atoms with Gasteiger partial charge in [-0.3, -0.25) is 4.79 Å². The number of carbonyl (C=O) groups excluding carboxylic acids is 1. The van der Waals surface area contributed by atoms with Crippen molar-refractivity contribution in [3.8, 4) is 5.75 Å². The monoisotopic (exact) mass is 447 g/mol. The Bertz CT molecular complexity index is 961. The van der Waals surface area contributed by atoms with E-state index in [-0.39, 0.29) is 22.8 Å². The van der Waals surface area contributed by atoms with Gasteiger partial charge in [-0.05, 0) is 75.9 Å². The van der Waals surface area contributed by atoms with Crippen molar-refractivity contribution in [2.75, 3.05) is 19.7 Å². The molecule has 0 radical (unpaired) electrons. The third kappa shape index (κ3) is 5.89. The first-order valence-electron chi connectivity index (χ1n) is 10.9. The van der Waals surface area contributed by atoms with Crippen LogP contribution < -0.4 is 10.1 Å². The van der Waals surface area contributed by atoms with Gasteiger partial charge in [0.05, 0.1) is 11.5 Å². The molecule has 1 aliphatic rings. The maximum absolute atomic E-state index is 12.9. The van der Waals surface area contributed by atoms with Crippen LogP contribution in [-0.2, 0) is 28.3 Å². The lowest BCUT2D eigenvalue weighted by Gasteiger charge is -2.31. The molecule has 31 heavy (non-hydrogen) atoms. The van der Waals surface area contributed by atoms with E-state index in [9.17, 15) is 13.2 Å². The normalized spacial score (nSPS) is 16.7. The highest BCUT2D eigenvalue weighted by Gasteiger charge is 2.32. The summed E-state index contributed by atoms with van der Waals surface area (Å²) in [7, 11) is -1.54. The Balaban J connectivity index is 1.48. The van der Waals surface area contributed by atoms with Crippen LogP contribution in [0.5, 0.6) is 5.75 Å². The predicted molar refractivity (Wildman–Crippen MR) is 120 cm³/mol. The minimum Gasteiger partial charge on any atom is -0.494 e. The van der Waals surface area contributed by atoms with Crippen LogP contribution in [0.15, 0.2) is 47.5 Å².